The molecule has 19 heavy (non-hydrogen) atoms. The maximum atomic E-state index is 12.4. The summed E-state index contributed by atoms with van der Waals surface area (Å²) in [6.07, 6.45) is 1.88. The second-order valence-electron chi connectivity index (χ2n) is 4.16. The standard InChI is InChI=1S/C15H12O3S/c1-17-11-4-5-14-13(8-11)15(16)10(9-18-14)7-12-3-2-6-19-12/h2-8H,9H2,1H3. The first-order valence-electron chi connectivity index (χ1n) is 5.87. The smallest absolute Gasteiger partial charge is 0.196 e. The van der Waals surface area contributed by atoms with Crippen LogP contribution in [-0.4, -0.2) is 19.5 Å². The quantitative estimate of drug-likeness (QED) is 0.786. The monoisotopic (exact) mass is 272 g/mol. The van der Waals surface area contributed by atoms with Crippen LogP contribution in [0.5, 0.6) is 11.5 Å². The lowest BCUT2D eigenvalue weighted by Gasteiger charge is -2.19. The maximum Gasteiger partial charge on any atom is 0.196 e. The number of Topliss-reactive ketones (excluding diaryl/α,β-unsaturated/α-hetero) is 1. The fourth-order valence-electron chi connectivity index (χ4n) is 1.99. The van der Waals surface area contributed by atoms with Crippen molar-refractivity contribution < 1.29 is 14.3 Å². The van der Waals surface area contributed by atoms with Gasteiger partial charge in [0.25, 0.3) is 0 Å². The van der Waals surface area contributed by atoms with Crippen molar-refractivity contribution in [2.45, 2.75) is 0 Å². The minimum atomic E-state index is 0.00792. The number of benzene rings is 1. The highest BCUT2D eigenvalue weighted by atomic mass is 32.1. The van der Waals surface area contributed by atoms with Crippen molar-refractivity contribution in [3.63, 3.8) is 0 Å². The molecule has 0 atom stereocenters. The Hall–Kier alpha value is -2.07. The van der Waals surface area contributed by atoms with Gasteiger partial charge in [-0.25, -0.2) is 0 Å². The molecule has 3 nitrogen and oxygen atoms in total. The van der Waals surface area contributed by atoms with Gasteiger partial charge in [0, 0.05) is 10.5 Å². The van der Waals surface area contributed by atoms with E-state index in [4.69, 9.17) is 9.47 Å². The summed E-state index contributed by atoms with van der Waals surface area (Å²) in [5.74, 6) is 1.29. The third kappa shape index (κ3) is 2.27. The van der Waals surface area contributed by atoms with Gasteiger partial charge in [0.05, 0.1) is 12.7 Å². The Balaban J connectivity index is 1.99. The molecule has 3 rings (SSSR count). The molecule has 0 saturated heterocycles. The van der Waals surface area contributed by atoms with E-state index in [0.717, 1.165) is 4.88 Å². The number of ether oxygens (including phenoxy) is 2. The van der Waals surface area contributed by atoms with Gasteiger partial charge in [0.1, 0.15) is 18.1 Å². The van der Waals surface area contributed by atoms with Gasteiger partial charge in [0.15, 0.2) is 5.78 Å². The molecule has 1 aromatic heterocycles. The molecule has 0 spiro atoms. The number of thiophene rings is 1. The highest BCUT2D eigenvalue weighted by molar-refractivity contribution is 7.10. The Bertz CT molecular complexity index is 641. The molecule has 0 radical (unpaired) electrons. The van der Waals surface area contributed by atoms with Gasteiger partial charge in [0.2, 0.25) is 0 Å². The van der Waals surface area contributed by atoms with Crippen LogP contribution < -0.4 is 9.47 Å². The predicted octanol–water partition coefficient (Wildman–Crippen LogP) is 3.42. The lowest BCUT2D eigenvalue weighted by molar-refractivity contribution is 0.100. The fraction of sp³-hybridized carbons (Fsp3) is 0.133. The second kappa shape index (κ2) is 4.90. The molecule has 0 bridgehead atoms. The number of fused-ring (bicyclic) bond motifs is 1. The zero-order valence-corrected chi connectivity index (χ0v) is 11.2. The van der Waals surface area contributed by atoms with Crippen LogP contribution >= 0.6 is 11.3 Å². The van der Waals surface area contributed by atoms with Gasteiger partial charge in [-0.2, -0.15) is 0 Å². The second-order valence-corrected chi connectivity index (χ2v) is 5.14. The van der Waals surface area contributed by atoms with E-state index in [1.54, 1.807) is 36.6 Å². The number of hydrogen-bond acceptors (Lipinski definition) is 4. The first-order valence-corrected chi connectivity index (χ1v) is 6.75. The molecule has 96 valence electrons. The summed E-state index contributed by atoms with van der Waals surface area (Å²) in [4.78, 5) is 13.5. The van der Waals surface area contributed by atoms with Gasteiger partial charge in [-0.1, -0.05) is 6.07 Å². The van der Waals surface area contributed by atoms with Gasteiger partial charge in [-0.3, -0.25) is 4.79 Å². The van der Waals surface area contributed by atoms with Crippen molar-refractivity contribution in [1.82, 2.24) is 0 Å². The van der Waals surface area contributed by atoms with E-state index < -0.39 is 0 Å². The normalized spacial score (nSPS) is 16.1. The van der Waals surface area contributed by atoms with Crippen LogP contribution in [0.15, 0.2) is 41.3 Å². The zero-order chi connectivity index (χ0) is 13.2. The van der Waals surface area contributed by atoms with Gasteiger partial charge < -0.3 is 9.47 Å². The van der Waals surface area contributed by atoms with Crippen LogP contribution in [0.3, 0.4) is 0 Å². The minimum absolute atomic E-state index is 0.00792. The average molecular weight is 272 g/mol. The van der Waals surface area contributed by atoms with Crippen LogP contribution in [0.4, 0.5) is 0 Å². The van der Waals surface area contributed by atoms with Crippen molar-refractivity contribution >= 4 is 23.2 Å². The minimum Gasteiger partial charge on any atom is -0.497 e. The summed E-state index contributed by atoms with van der Waals surface area (Å²) < 4.78 is 10.8. The Labute approximate surface area is 115 Å². The molecule has 1 aromatic carbocycles. The molecule has 0 amide bonds. The molecule has 2 heterocycles. The number of carbonyl (C=O) groups is 1. The van der Waals surface area contributed by atoms with Crippen molar-refractivity contribution in [3.05, 3.63) is 51.7 Å². The van der Waals surface area contributed by atoms with Crippen molar-refractivity contribution in [1.29, 1.82) is 0 Å². The molecule has 0 fully saturated rings. The highest BCUT2D eigenvalue weighted by Gasteiger charge is 2.23. The van der Waals surface area contributed by atoms with E-state index in [2.05, 4.69) is 0 Å². The number of methoxy groups -OCH3 is 1. The van der Waals surface area contributed by atoms with Crippen LogP contribution in [0.2, 0.25) is 0 Å². The first-order chi connectivity index (χ1) is 9.28. The largest absolute Gasteiger partial charge is 0.497 e. The Morgan fingerprint density at radius 2 is 2.26 bits per heavy atom. The molecule has 0 unspecified atom stereocenters. The number of ketones is 1. The molecular weight excluding hydrogens is 260 g/mol. The van der Waals surface area contributed by atoms with E-state index in [9.17, 15) is 4.79 Å². The number of rotatable bonds is 2. The summed E-state index contributed by atoms with van der Waals surface area (Å²) in [5.41, 5.74) is 1.23. The van der Waals surface area contributed by atoms with Gasteiger partial charge >= 0.3 is 0 Å². The molecule has 1 aliphatic rings. The van der Waals surface area contributed by atoms with Gasteiger partial charge in [-0.05, 0) is 35.7 Å². The van der Waals surface area contributed by atoms with Crippen LogP contribution in [0.25, 0.3) is 6.08 Å². The molecule has 0 N–H and O–H groups in total. The summed E-state index contributed by atoms with van der Waals surface area (Å²) >= 11 is 1.60. The SMILES string of the molecule is COc1ccc2c(c1)C(=O)C(=Cc1cccs1)CO2. The number of hydrogen-bond donors (Lipinski definition) is 0. The van der Waals surface area contributed by atoms with Gasteiger partial charge in [-0.15, -0.1) is 11.3 Å². The van der Waals surface area contributed by atoms with E-state index >= 15 is 0 Å². The van der Waals surface area contributed by atoms with E-state index in [1.807, 2.05) is 23.6 Å². The third-order valence-corrected chi connectivity index (χ3v) is 3.79. The Morgan fingerprint density at radius 1 is 1.37 bits per heavy atom. The lowest BCUT2D eigenvalue weighted by atomic mass is 9.99. The van der Waals surface area contributed by atoms with E-state index in [1.165, 1.54) is 0 Å². The third-order valence-electron chi connectivity index (χ3n) is 2.97. The van der Waals surface area contributed by atoms with Crippen LogP contribution in [-0.2, 0) is 0 Å². The summed E-state index contributed by atoms with van der Waals surface area (Å²) in [6, 6.07) is 9.22. The Morgan fingerprint density at radius 3 is 3.00 bits per heavy atom. The first kappa shape index (κ1) is 12.0. The van der Waals surface area contributed by atoms with E-state index in [-0.39, 0.29) is 5.78 Å². The molecule has 0 aliphatic carbocycles. The summed E-state index contributed by atoms with van der Waals surface area (Å²) in [7, 11) is 1.58. The van der Waals surface area contributed by atoms with Crippen LogP contribution in [0.1, 0.15) is 15.2 Å². The number of carbonyl (C=O) groups excluding carboxylic acids is 1. The molecule has 0 saturated carbocycles. The summed E-state index contributed by atoms with van der Waals surface area (Å²) in [6.45, 7) is 0.316. The Kier molecular flexibility index (Phi) is 3.09. The van der Waals surface area contributed by atoms with Crippen LogP contribution in [0, 0.1) is 0 Å². The van der Waals surface area contributed by atoms with E-state index in [0.29, 0.717) is 29.2 Å². The summed E-state index contributed by atoms with van der Waals surface area (Å²) in [5, 5.41) is 1.98. The average Bonchev–Trinajstić information content (AvgIpc) is 2.95. The fourth-order valence-corrected chi connectivity index (χ4v) is 2.67. The van der Waals surface area contributed by atoms with Crippen molar-refractivity contribution in [2.75, 3.05) is 13.7 Å². The maximum absolute atomic E-state index is 12.4. The van der Waals surface area contributed by atoms with Crippen molar-refractivity contribution in [3.8, 4) is 11.5 Å². The molecule has 1 aliphatic heterocycles. The lowest BCUT2D eigenvalue weighted by Crippen LogP contribution is -2.18. The molecule has 2 aromatic rings. The molecule has 4 heteroatoms. The van der Waals surface area contributed by atoms with Crippen molar-refractivity contribution in [2.24, 2.45) is 0 Å². The highest BCUT2D eigenvalue weighted by Crippen LogP contribution is 2.31. The predicted molar refractivity (Wildman–Crippen MR) is 75.1 cm³/mol. The molecular formula is C15H12O3S. The topological polar surface area (TPSA) is 35.5 Å². The zero-order valence-electron chi connectivity index (χ0n) is 10.4.